The van der Waals surface area contributed by atoms with Gasteiger partial charge in [-0.1, -0.05) is 11.8 Å². The van der Waals surface area contributed by atoms with Crippen LogP contribution in [0.1, 0.15) is 18.9 Å². The van der Waals surface area contributed by atoms with Crippen molar-refractivity contribution in [2.75, 3.05) is 17.9 Å². The van der Waals surface area contributed by atoms with Gasteiger partial charge in [0.05, 0.1) is 5.75 Å². The van der Waals surface area contributed by atoms with Gasteiger partial charge >= 0.3 is 0 Å². The lowest BCUT2D eigenvalue weighted by Gasteiger charge is -2.09. The Morgan fingerprint density at radius 3 is 2.79 bits per heavy atom. The number of pyridine rings is 1. The lowest BCUT2D eigenvalue weighted by Crippen LogP contribution is -2.14. The molecule has 0 unspecified atom stereocenters. The molecule has 1 aromatic carbocycles. The molecule has 28 heavy (non-hydrogen) atoms. The molecular formula is C19H17N5O3S. The Morgan fingerprint density at radius 2 is 1.96 bits per heavy atom. The van der Waals surface area contributed by atoms with Crippen molar-refractivity contribution in [1.29, 1.82) is 0 Å². The van der Waals surface area contributed by atoms with Gasteiger partial charge in [0, 0.05) is 35.8 Å². The predicted molar refractivity (Wildman–Crippen MR) is 103 cm³/mol. The first-order valence-electron chi connectivity index (χ1n) is 8.95. The number of ether oxygens (including phenoxy) is 2. The van der Waals surface area contributed by atoms with Gasteiger partial charge < -0.3 is 14.8 Å². The highest BCUT2D eigenvalue weighted by Gasteiger charge is 2.30. The SMILES string of the molecule is O=C(CSc1nnc(-c2ccncc2)n1C1CC1)Nc1ccc2c(c1)OCO2. The second-order valence-corrected chi connectivity index (χ2v) is 7.49. The first kappa shape index (κ1) is 17.1. The monoisotopic (exact) mass is 395 g/mol. The lowest BCUT2D eigenvalue weighted by molar-refractivity contribution is -0.113. The van der Waals surface area contributed by atoms with Crippen LogP contribution in [0.5, 0.6) is 11.5 Å². The van der Waals surface area contributed by atoms with Crippen LogP contribution in [0.2, 0.25) is 0 Å². The Morgan fingerprint density at radius 1 is 1.14 bits per heavy atom. The summed E-state index contributed by atoms with van der Waals surface area (Å²) in [4.78, 5) is 16.4. The van der Waals surface area contributed by atoms with E-state index < -0.39 is 0 Å². The molecule has 1 aliphatic carbocycles. The fourth-order valence-corrected chi connectivity index (χ4v) is 3.84. The molecular weight excluding hydrogens is 378 g/mol. The minimum absolute atomic E-state index is 0.111. The molecule has 3 heterocycles. The summed E-state index contributed by atoms with van der Waals surface area (Å²) >= 11 is 1.39. The number of rotatable bonds is 6. The van der Waals surface area contributed by atoms with Gasteiger partial charge in [0.25, 0.3) is 0 Å². The average Bonchev–Trinajstić information content (AvgIpc) is 3.29. The molecule has 2 aromatic heterocycles. The maximum absolute atomic E-state index is 12.4. The summed E-state index contributed by atoms with van der Waals surface area (Å²) in [6.07, 6.45) is 5.69. The van der Waals surface area contributed by atoms with E-state index in [-0.39, 0.29) is 18.5 Å². The fourth-order valence-electron chi connectivity index (χ4n) is 3.04. The maximum Gasteiger partial charge on any atom is 0.234 e. The van der Waals surface area contributed by atoms with E-state index in [1.165, 1.54) is 11.8 Å². The van der Waals surface area contributed by atoms with E-state index in [9.17, 15) is 4.79 Å². The van der Waals surface area contributed by atoms with Crippen LogP contribution >= 0.6 is 11.8 Å². The first-order valence-corrected chi connectivity index (χ1v) is 9.94. The van der Waals surface area contributed by atoms with Gasteiger partial charge in [-0.3, -0.25) is 14.3 Å². The summed E-state index contributed by atoms with van der Waals surface area (Å²) in [6.45, 7) is 0.208. The van der Waals surface area contributed by atoms with Gasteiger partial charge in [-0.25, -0.2) is 0 Å². The zero-order valence-electron chi connectivity index (χ0n) is 14.9. The van der Waals surface area contributed by atoms with Crippen molar-refractivity contribution in [3.63, 3.8) is 0 Å². The highest BCUT2D eigenvalue weighted by molar-refractivity contribution is 7.99. The number of carbonyl (C=O) groups is 1. The largest absolute Gasteiger partial charge is 0.454 e. The summed E-state index contributed by atoms with van der Waals surface area (Å²) in [5.74, 6) is 2.29. The van der Waals surface area contributed by atoms with Crippen LogP contribution < -0.4 is 14.8 Å². The maximum atomic E-state index is 12.4. The molecule has 1 N–H and O–H groups in total. The smallest absolute Gasteiger partial charge is 0.234 e. The number of hydrogen-bond acceptors (Lipinski definition) is 7. The summed E-state index contributed by atoms with van der Waals surface area (Å²) in [5, 5.41) is 12.3. The third-order valence-electron chi connectivity index (χ3n) is 4.50. The van der Waals surface area contributed by atoms with Crippen molar-refractivity contribution in [2.45, 2.75) is 24.0 Å². The number of benzene rings is 1. The molecule has 0 saturated heterocycles. The van der Waals surface area contributed by atoms with Gasteiger partial charge in [0.15, 0.2) is 22.5 Å². The number of anilines is 1. The topological polar surface area (TPSA) is 91.2 Å². The molecule has 1 fully saturated rings. The third-order valence-corrected chi connectivity index (χ3v) is 5.45. The van der Waals surface area contributed by atoms with Crippen molar-refractivity contribution < 1.29 is 14.3 Å². The lowest BCUT2D eigenvalue weighted by atomic mass is 10.2. The number of carbonyl (C=O) groups excluding carboxylic acids is 1. The van der Waals surface area contributed by atoms with Gasteiger partial charge in [0.2, 0.25) is 12.7 Å². The van der Waals surface area contributed by atoms with Crippen molar-refractivity contribution in [3.05, 3.63) is 42.7 Å². The number of fused-ring (bicyclic) bond motifs is 1. The van der Waals surface area contributed by atoms with Crippen LogP contribution in [0.3, 0.4) is 0 Å². The van der Waals surface area contributed by atoms with Crippen LogP contribution in [0, 0.1) is 0 Å². The summed E-state index contributed by atoms with van der Waals surface area (Å²) < 4.78 is 12.8. The van der Waals surface area contributed by atoms with Gasteiger partial charge in [-0.15, -0.1) is 10.2 Å². The van der Waals surface area contributed by atoms with Crippen molar-refractivity contribution >= 4 is 23.4 Å². The normalized spacial score (nSPS) is 14.9. The van der Waals surface area contributed by atoms with Gasteiger partial charge in [-0.2, -0.15) is 0 Å². The summed E-state index contributed by atoms with van der Waals surface area (Å²) in [5.41, 5.74) is 1.65. The number of hydrogen-bond donors (Lipinski definition) is 1. The molecule has 0 atom stereocenters. The highest BCUT2D eigenvalue weighted by Crippen LogP contribution is 2.41. The van der Waals surface area contributed by atoms with Crippen LogP contribution in [0.15, 0.2) is 47.9 Å². The van der Waals surface area contributed by atoms with Crippen molar-refractivity contribution in [1.82, 2.24) is 19.7 Å². The second kappa shape index (κ2) is 7.16. The Labute approximate surface area is 165 Å². The Bertz CT molecular complexity index is 1020. The van der Waals surface area contributed by atoms with Crippen molar-refractivity contribution in [2.24, 2.45) is 0 Å². The van der Waals surface area contributed by atoms with E-state index in [2.05, 4.69) is 25.1 Å². The quantitative estimate of drug-likeness (QED) is 0.641. The molecule has 0 radical (unpaired) electrons. The molecule has 1 aliphatic heterocycles. The van der Waals surface area contributed by atoms with E-state index in [1.807, 2.05) is 12.1 Å². The van der Waals surface area contributed by atoms with Crippen molar-refractivity contribution in [3.8, 4) is 22.9 Å². The number of aromatic nitrogens is 4. The van der Waals surface area contributed by atoms with Gasteiger partial charge in [0.1, 0.15) is 0 Å². The van der Waals surface area contributed by atoms with E-state index in [0.29, 0.717) is 23.2 Å². The van der Waals surface area contributed by atoms with Gasteiger partial charge in [-0.05, 0) is 37.1 Å². The number of thioether (sulfide) groups is 1. The average molecular weight is 395 g/mol. The fraction of sp³-hybridized carbons (Fsp3) is 0.263. The third kappa shape index (κ3) is 3.40. The van der Waals surface area contributed by atoms with Crippen LogP contribution in [-0.2, 0) is 4.79 Å². The van der Waals surface area contributed by atoms with E-state index in [0.717, 1.165) is 29.4 Å². The highest BCUT2D eigenvalue weighted by atomic mass is 32.2. The van der Waals surface area contributed by atoms with E-state index in [1.54, 1.807) is 30.6 Å². The van der Waals surface area contributed by atoms with E-state index in [4.69, 9.17) is 9.47 Å². The minimum atomic E-state index is -0.111. The van der Waals surface area contributed by atoms with Crippen LogP contribution in [0.25, 0.3) is 11.4 Å². The van der Waals surface area contributed by atoms with E-state index >= 15 is 0 Å². The molecule has 142 valence electrons. The Hall–Kier alpha value is -3.07. The zero-order chi connectivity index (χ0) is 18.9. The molecule has 0 bridgehead atoms. The number of amides is 1. The molecule has 2 aliphatic rings. The zero-order valence-corrected chi connectivity index (χ0v) is 15.7. The minimum Gasteiger partial charge on any atom is -0.454 e. The number of nitrogens with zero attached hydrogens (tertiary/aromatic N) is 4. The summed E-state index contributed by atoms with van der Waals surface area (Å²) in [7, 11) is 0. The van der Waals surface area contributed by atoms with Crippen LogP contribution in [-0.4, -0.2) is 38.2 Å². The first-order chi connectivity index (χ1) is 13.8. The molecule has 5 rings (SSSR count). The Balaban J connectivity index is 1.28. The molecule has 3 aromatic rings. The standard InChI is InChI=1S/C19H17N5O3S/c25-17(21-13-1-4-15-16(9-13)27-11-26-15)10-28-19-23-22-18(24(19)14-2-3-14)12-5-7-20-8-6-12/h1,4-9,14H,2-3,10-11H2,(H,21,25). The summed E-state index contributed by atoms with van der Waals surface area (Å²) in [6, 6.07) is 9.59. The molecule has 0 spiro atoms. The molecule has 9 heteroatoms. The Kier molecular flexibility index (Phi) is 4.36. The van der Waals surface area contributed by atoms with Crippen LogP contribution in [0.4, 0.5) is 5.69 Å². The second-order valence-electron chi connectivity index (χ2n) is 6.55. The molecule has 1 amide bonds. The number of nitrogens with one attached hydrogen (secondary N) is 1. The predicted octanol–water partition coefficient (Wildman–Crippen LogP) is 3.13. The molecule has 8 nitrogen and oxygen atoms in total. The molecule has 1 saturated carbocycles.